The molecule has 0 fully saturated rings. The fourth-order valence-corrected chi connectivity index (χ4v) is 1.36. The Morgan fingerprint density at radius 2 is 2.20 bits per heavy atom. The Kier molecular flexibility index (Phi) is 4.55. The van der Waals surface area contributed by atoms with E-state index in [2.05, 4.69) is 24.2 Å². The standard InChI is InChI=1S/C10H20N4O/c1-4-9-10(11)12-13-14(9)5-6-15-7-8(2)3/h8H,4-7,11H2,1-3H3. The van der Waals surface area contributed by atoms with Crippen LogP contribution < -0.4 is 5.73 Å². The van der Waals surface area contributed by atoms with Gasteiger partial charge in [-0.15, -0.1) is 5.10 Å². The molecule has 5 nitrogen and oxygen atoms in total. The highest BCUT2D eigenvalue weighted by atomic mass is 16.5. The molecule has 5 heteroatoms. The van der Waals surface area contributed by atoms with Crippen molar-refractivity contribution in [3.05, 3.63) is 5.69 Å². The lowest BCUT2D eigenvalue weighted by Crippen LogP contribution is -2.12. The number of hydrogen-bond donors (Lipinski definition) is 1. The van der Waals surface area contributed by atoms with E-state index in [-0.39, 0.29) is 0 Å². The summed E-state index contributed by atoms with van der Waals surface area (Å²) in [4.78, 5) is 0. The zero-order chi connectivity index (χ0) is 11.3. The summed E-state index contributed by atoms with van der Waals surface area (Å²) in [6.45, 7) is 8.47. The molecule has 0 spiro atoms. The van der Waals surface area contributed by atoms with E-state index in [0.717, 1.165) is 25.3 Å². The van der Waals surface area contributed by atoms with Crippen LogP contribution in [0.4, 0.5) is 5.82 Å². The van der Waals surface area contributed by atoms with Crippen LogP contribution in [0.3, 0.4) is 0 Å². The van der Waals surface area contributed by atoms with E-state index in [1.807, 2.05) is 11.6 Å². The molecule has 0 atom stereocenters. The summed E-state index contributed by atoms with van der Waals surface area (Å²) in [7, 11) is 0. The first-order valence-corrected chi connectivity index (χ1v) is 5.40. The van der Waals surface area contributed by atoms with Gasteiger partial charge in [-0.2, -0.15) is 0 Å². The lowest BCUT2D eigenvalue weighted by atomic mass is 10.2. The van der Waals surface area contributed by atoms with Crippen molar-refractivity contribution < 1.29 is 4.74 Å². The first-order valence-electron chi connectivity index (χ1n) is 5.40. The van der Waals surface area contributed by atoms with Crippen LogP contribution in [0.5, 0.6) is 0 Å². The highest BCUT2D eigenvalue weighted by Crippen LogP contribution is 2.07. The Morgan fingerprint density at radius 1 is 1.47 bits per heavy atom. The molecule has 0 aromatic carbocycles. The number of nitrogens with two attached hydrogens (primary N) is 1. The molecule has 0 unspecified atom stereocenters. The number of aromatic nitrogens is 3. The average Bonchev–Trinajstić information content (AvgIpc) is 2.53. The minimum atomic E-state index is 0.529. The Morgan fingerprint density at radius 3 is 2.80 bits per heavy atom. The van der Waals surface area contributed by atoms with Crippen LogP contribution in [0, 0.1) is 5.92 Å². The molecule has 1 aromatic rings. The van der Waals surface area contributed by atoms with Gasteiger partial charge in [0.15, 0.2) is 5.82 Å². The van der Waals surface area contributed by atoms with Gasteiger partial charge in [-0.05, 0) is 12.3 Å². The lowest BCUT2D eigenvalue weighted by Gasteiger charge is -2.07. The van der Waals surface area contributed by atoms with Gasteiger partial charge >= 0.3 is 0 Å². The highest BCUT2D eigenvalue weighted by Gasteiger charge is 2.07. The molecular weight excluding hydrogens is 192 g/mol. The van der Waals surface area contributed by atoms with Gasteiger partial charge in [0.25, 0.3) is 0 Å². The molecule has 0 radical (unpaired) electrons. The number of nitrogen functional groups attached to an aromatic ring is 1. The monoisotopic (exact) mass is 212 g/mol. The smallest absolute Gasteiger partial charge is 0.169 e. The summed E-state index contributed by atoms with van der Waals surface area (Å²) in [5.41, 5.74) is 6.66. The van der Waals surface area contributed by atoms with Crippen LogP contribution in [0.15, 0.2) is 0 Å². The molecule has 0 saturated carbocycles. The summed E-state index contributed by atoms with van der Waals surface area (Å²) >= 11 is 0. The van der Waals surface area contributed by atoms with E-state index in [1.54, 1.807) is 0 Å². The van der Waals surface area contributed by atoms with Crippen molar-refractivity contribution in [2.45, 2.75) is 33.7 Å². The number of rotatable bonds is 6. The van der Waals surface area contributed by atoms with Gasteiger partial charge in [-0.3, -0.25) is 0 Å². The third kappa shape index (κ3) is 3.51. The maximum atomic E-state index is 5.67. The highest BCUT2D eigenvalue weighted by molar-refractivity contribution is 5.32. The second-order valence-electron chi connectivity index (χ2n) is 3.97. The minimum absolute atomic E-state index is 0.529. The molecule has 15 heavy (non-hydrogen) atoms. The largest absolute Gasteiger partial charge is 0.381 e. The minimum Gasteiger partial charge on any atom is -0.381 e. The Hall–Kier alpha value is -1.10. The molecule has 0 bridgehead atoms. The summed E-state index contributed by atoms with van der Waals surface area (Å²) in [6, 6.07) is 0. The fourth-order valence-electron chi connectivity index (χ4n) is 1.36. The SMILES string of the molecule is CCc1c(N)nnn1CCOCC(C)C. The van der Waals surface area contributed by atoms with E-state index in [1.165, 1.54) is 0 Å². The normalized spacial score (nSPS) is 11.2. The van der Waals surface area contributed by atoms with Crippen molar-refractivity contribution in [2.24, 2.45) is 5.92 Å². The summed E-state index contributed by atoms with van der Waals surface area (Å²) < 4.78 is 7.29. The molecule has 0 aliphatic carbocycles. The van der Waals surface area contributed by atoms with E-state index < -0.39 is 0 Å². The van der Waals surface area contributed by atoms with Gasteiger partial charge in [-0.25, -0.2) is 4.68 Å². The van der Waals surface area contributed by atoms with E-state index in [0.29, 0.717) is 18.3 Å². The lowest BCUT2D eigenvalue weighted by molar-refractivity contribution is 0.100. The van der Waals surface area contributed by atoms with Gasteiger partial charge in [0.05, 0.1) is 18.8 Å². The van der Waals surface area contributed by atoms with Gasteiger partial charge in [0, 0.05) is 6.61 Å². The Balaban J connectivity index is 2.37. The third-order valence-electron chi connectivity index (χ3n) is 2.10. The number of nitrogens with zero attached hydrogens (tertiary/aromatic N) is 3. The van der Waals surface area contributed by atoms with Crippen LogP contribution in [0.25, 0.3) is 0 Å². The molecule has 1 aromatic heterocycles. The van der Waals surface area contributed by atoms with Gasteiger partial charge < -0.3 is 10.5 Å². The van der Waals surface area contributed by atoms with Gasteiger partial charge in [0.1, 0.15) is 0 Å². The Labute approximate surface area is 90.6 Å². The maximum absolute atomic E-state index is 5.67. The summed E-state index contributed by atoms with van der Waals surface area (Å²) in [6.07, 6.45) is 0.850. The number of anilines is 1. The van der Waals surface area contributed by atoms with Gasteiger partial charge in [-0.1, -0.05) is 26.0 Å². The third-order valence-corrected chi connectivity index (χ3v) is 2.10. The first kappa shape index (κ1) is 12.0. The maximum Gasteiger partial charge on any atom is 0.169 e. The zero-order valence-electron chi connectivity index (χ0n) is 9.73. The molecule has 86 valence electrons. The number of ether oxygens (including phenoxy) is 1. The average molecular weight is 212 g/mol. The van der Waals surface area contributed by atoms with Crippen molar-refractivity contribution in [1.29, 1.82) is 0 Å². The molecular formula is C10H20N4O. The summed E-state index contributed by atoms with van der Waals surface area (Å²) in [5, 5.41) is 7.80. The van der Waals surface area contributed by atoms with Crippen molar-refractivity contribution in [3.8, 4) is 0 Å². The quantitative estimate of drug-likeness (QED) is 0.717. The molecule has 0 aliphatic rings. The van der Waals surface area contributed by atoms with E-state index in [9.17, 15) is 0 Å². The van der Waals surface area contributed by atoms with Crippen LogP contribution in [-0.4, -0.2) is 28.2 Å². The first-order chi connectivity index (χ1) is 7.15. The molecule has 0 saturated heterocycles. The summed E-state index contributed by atoms with van der Waals surface area (Å²) in [5.74, 6) is 1.10. The molecule has 2 N–H and O–H groups in total. The predicted octanol–water partition coefficient (Wildman–Crippen LogP) is 1.10. The van der Waals surface area contributed by atoms with Crippen LogP contribution in [-0.2, 0) is 17.7 Å². The molecule has 0 aliphatic heterocycles. The molecule has 1 heterocycles. The van der Waals surface area contributed by atoms with E-state index >= 15 is 0 Å². The van der Waals surface area contributed by atoms with Crippen molar-refractivity contribution in [1.82, 2.24) is 15.0 Å². The fraction of sp³-hybridized carbons (Fsp3) is 0.800. The second-order valence-corrected chi connectivity index (χ2v) is 3.97. The topological polar surface area (TPSA) is 66.0 Å². The molecule has 0 amide bonds. The Bertz CT molecular complexity index is 296. The predicted molar refractivity (Wildman–Crippen MR) is 59.5 cm³/mol. The molecule has 1 rings (SSSR count). The van der Waals surface area contributed by atoms with Crippen LogP contribution >= 0.6 is 0 Å². The zero-order valence-corrected chi connectivity index (χ0v) is 9.73. The van der Waals surface area contributed by atoms with Crippen molar-refractivity contribution in [3.63, 3.8) is 0 Å². The second kappa shape index (κ2) is 5.70. The van der Waals surface area contributed by atoms with Crippen LogP contribution in [0.1, 0.15) is 26.5 Å². The van der Waals surface area contributed by atoms with Crippen molar-refractivity contribution >= 4 is 5.82 Å². The number of hydrogen-bond acceptors (Lipinski definition) is 4. The van der Waals surface area contributed by atoms with Crippen molar-refractivity contribution in [2.75, 3.05) is 18.9 Å². The van der Waals surface area contributed by atoms with Gasteiger partial charge in [0.2, 0.25) is 0 Å². The van der Waals surface area contributed by atoms with E-state index in [4.69, 9.17) is 10.5 Å². The van der Waals surface area contributed by atoms with Crippen LogP contribution in [0.2, 0.25) is 0 Å².